The van der Waals surface area contributed by atoms with E-state index in [2.05, 4.69) is 5.32 Å². The third-order valence-corrected chi connectivity index (χ3v) is 2.40. The minimum atomic E-state index is -0.107. The molecular formula is C8H18BNO. The van der Waals surface area contributed by atoms with Gasteiger partial charge in [0.25, 0.3) is 6.92 Å². The van der Waals surface area contributed by atoms with Gasteiger partial charge in [-0.05, 0) is 38.2 Å². The maximum atomic E-state index is 9.01. The van der Waals surface area contributed by atoms with Gasteiger partial charge in [0.15, 0.2) is 0 Å². The molecule has 1 rings (SSSR count). The molecule has 0 bridgehead atoms. The molecule has 0 aromatic heterocycles. The average Bonchev–Trinajstić information content (AvgIpc) is 2.39. The highest BCUT2D eigenvalue weighted by Crippen LogP contribution is 2.15. The fraction of sp³-hybridized carbons (Fsp3) is 1.00. The highest BCUT2D eigenvalue weighted by molar-refractivity contribution is 6.48. The Bertz CT molecular complexity index is 102. The second-order valence-electron chi connectivity index (χ2n) is 3.64. The van der Waals surface area contributed by atoms with Crippen LogP contribution >= 0.6 is 0 Å². The van der Waals surface area contributed by atoms with E-state index in [9.17, 15) is 0 Å². The summed E-state index contributed by atoms with van der Waals surface area (Å²) < 4.78 is 0. The number of hydrogen-bond donors (Lipinski definition) is 2. The summed E-state index contributed by atoms with van der Waals surface area (Å²) in [7, 11) is 0. The van der Waals surface area contributed by atoms with Gasteiger partial charge in [0, 0.05) is 0 Å². The van der Waals surface area contributed by atoms with E-state index in [-0.39, 0.29) is 6.92 Å². The standard InChI is InChI=1S/C8H18BNO/c1-9(11)5-2-3-8-4-6-10-7-8/h8,10-11H,2-7H2,1H3/t8-/m1/s1. The summed E-state index contributed by atoms with van der Waals surface area (Å²) in [5, 5.41) is 12.4. The second-order valence-corrected chi connectivity index (χ2v) is 3.64. The van der Waals surface area contributed by atoms with E-state index in [1.54, 1.807) is 0 Å². The minimum absolute atomic E-state index is 0.107. The maximum absolute atomic E-state index is 9.01. The van der Waals surface area contributed by atoms with Gasteiger partial charge >= 0.3 is 0 Å². The van der Waals surface area contributed by atoms with Crippen LogP contribution in [0, 0.1) is 5.92 Å². The second kappa shape index (κ2) is 4.78. The molecule has 64 valence electrons. The molecule has 0 aliphatic carbocycles. The fourth-order valence-corrected chi connectivity index (χ4v) is 1.66. The van der Waals surface area contributed by atoms with Crippen LogP contribution < -0.4 is 5.32 Å². The summed E-state index contributed by atoms with van der Waals surface area (Å²) in [6.45, 7) is 4.15. The summed E-state index contributed by atoms with van der Waals surface area (Å²) in [6, 6.07) is 0. The van der Waals surface area contributed by atoms with Crippen molar-refractivity contribution in [2.24, 2.45) is 5.92 Å². The topological polar surface area (TPSA) is 32.3 Å². The van der Waals surface area contributed by atoms with Gasteiger partial charge in [-0.15, -0.1) is 0 Å². The van der Waals surface area contributed by atoms with Crippen molar-refractivity contribution in [1.82, 2.24) is 5.32 Å². The molecule has 11 heavy (non-hydrogen) atoms. The zero-order valence-corrected chi connectivity index (χ0v) is 7.34. The normalized spacial score (nSPS) is 24.0. The summed E-state index contributed by atoms with van der Waals surface area (Å²) in [5.41, 5.74) is 0. The first-order valence-electron chi connectivity index (χ1n) is 4.68. The first-order valence-corrected chi connectivity index (χ1v) is 4.68. The smallest absolute Gasteiger partial charge is 0.285 e. The van der Waals surface area contributed by atoms with Crippen LogP contribution in [0.5, 0.6) is 0 Å². The van der Waals surface area contributed by atoms with E-state index in [4.69, 9.17) is 5.02 Å². The Morgan fingerprint density at radius 1 is 1.64 bits per heavy atom. The molecule has 3 heteroatoms. The van der Waals surface area contributed by atoms with Gasteiger partial charge in [-0.1, -0.05) is 13.2 Å². The molecule has 0 spiro atoms. The van der Waals surface area contributed by atoms with Crippen LogP contribution in [-0.4, -0.2) is 25.0 Å². The molecule has 1 atom stereocenters. The lowest BCUT2D eigenvalue weighted by Gasteiger charge is -2.06. The van der Waals surface area contributed by atoms with Gasteiger partial charge in [0.1, 0.15) is 0 Å². The van der Waals surface area contributed by atoms with Gasteiger partial charge in [-0.2, -0.15) is 0 Å². The lowest BCUT2D eigenvalue weighted by Crippen LogP contribution is -2.10. The summed E-state index contributed by atoms with van der Waals surface area (Å²) in [6.07, 6.45) is 4.78. The monoisotopic (exact) mass is 155 g/mol. The zero-order chi connectivity index (χ0) is 8.10. The van der Waals surface area contributed by atoms with Gasteiger partial charge < -0.3 is 10.3 Å². The van der Waals surface area contributed by atoms with Crippen LogP contribution in [0.1, 0.15) is 19.3 Å². The van der Waals surface area contributed by atoms with E-state index < -0.39 is 0 Å². The van der Waals surface area contributed by atoms with Gasteiger partial charge in [0.05, 0.1) is 0 Å². The van der Waals surface area contributed by atoms with Crippen LogP contribution in [0.3, 0.4) is 0 Å². The van der Waals surface area contributed by atoms with E-state index in [1.807, 2.05) is 6.82 Å². The summed E-state index contributed by atoms with van der Waals surface area (Å²) in [5.74, 6) is 0.883. The van der Waals surface area contributed by atoms with Crippen molar-refractivity contribution >= 4 is 6.92 Å². The Labute approximate surface area is 69.5 Å². The maximum Gasteiger partial charge on any atom is 0.285 e. The van der Waals surface area contributed by atoms with Crippen LogP contribution in [-0.2, 0) is 0 Å². The van der Waals surface area contributed by atoms with E-state index in [0.717, 1.165) is 12.2 Å². The fourth-order valence-electron chi connectivity index (χ4n) is 1.66. The predicted octanol–water partition coefficient (Wildman–Crippen LogP) is 0.990. The highest BCUT2D eigenvalue weighted by atomic mass is 16.2. The Morgan fingerprint density at radius 3 is 3.00 bits per heavy atom. The Morgan fingerprint density at radius 2 is 2.45 bits per heavy atom. The van der Waals surface area contributed by atoms with Crippen molar-refractivity contribution in [3.05, 3.63) is 0 Å². The van der Waals surface area contributed by atoms with Crippen molar-refractivity contribution in [2.75, 3.05) is 13.1 Å². The third kappa shape index (κ3) is 3.78. The van der Waals surface area contributed by atoms with Crippen molar-refractivity contribution in [1.29, 1.82) is 0 Å². The first-order chi connectivity index (χ1) is 5.29. The van der Waals surface area contributed by atoms with Crippen molar-refractivity contribution in [2.45, 2.75) is 32.4 Å². The Kier molecular flexibility index (Phi) is 3.94. The predicted molar refractivity (Wildman–Crippen MR) is 48.9 cm³/mol. The molecule has 0 saturated carbocycles. The molecule has 0 radical (unpaired) electrons. The Balaban J connectivity index is 1.94. The van der Waals surface area contributed by atoms with E-state index in [1.165, 1.54) is 32.4 Å². The summed E-state index contributed by atoms with van der Waals surface area (Å²) in [4.78, 5) is 0. The number of hydrogen-bond acceptors (Lipinski definition) is 2. The van der Waals surface area contributed by atoms with Crippen molar-refractivity contribution < 1.29 is 5.02 Å². The molecule has 0 amide bonds. The lowest BCUT2D eigenvalue weighted by atomic mass is 9.66. The van der Waals surface area contributed by atoms with E-state index in [0.29, 0.717) is 0 Å². The molecule has 1 fully saturated rings. The van der Waals surface area contributed by atoms with Crippen LogP contribution in [0.25, 0.3) is 0 Å². The summed E-state index contributed by atoms with van der Waals surface area (Å²) >= 11 is 0. The lowest BCUT2D eigenvalue weighted by molar-refractivity contribution is 0.509. The first kappa shape index (κ1) is 9.08. The Hall–Kier alpha value is -0.0151. The van der Waals surface area contributed by atoms with Crippen molar-refractivity contribution in [3.63, 3.8) is 0 Å². The molecule has 1 aliphatic rings. The molecule has 0 unspecified atom stereocenters. The largest absolute Gasteiger partial charge is 0.451 e. The van der Waals surface area contributed by atoms with E-state index >= 15 is 0 Å². The molecule has 1 heterocycles. The van der Waals surface area contributed by atoms with Gasteiger partial charge in [0.2, 0.25) is 0 Å². The molecule has 2 nitrogen and oxygen atoms in total. The molecule has 0 aromatic carbocycles. The van der Waals surface area contributed by atoms with Gasteiger partial charge in [-0.25, -0.2) is 0 Å². The third-order valence-electron chi connectivity index (χ3n) is 2.40. The average molecular weight is 155 g/mol. The van der Waals surface area contributed by atoms with Crippen LogP contribution in [0.15, 0.2) is 0 Å². The number of nitrogens with one attached hydrogen (secondary N) is 1. The molecular weight excluding hydrogens is 137 g/mol. The quantitative estimate of drug-likeness (QED) is 0.593. The molecule has 1 saturated heterocycles. The van der Waals surface area contributed by atoms with Crippen molar-refractivity contribution in [3.8, 4) is 0 Å². The molecule has 2 N–H and O–H groups in total. The minimum Gasteiger partial charge on any atom is -0.451 e. The number of rotatable bonds is 4. The van der Waals surface area contributed by atoms with Gasteiger partial charge in [-0.3, -0.25) is 0 Å². The SMILES string of the molecule is CB(O)CCC[C@@H]1CCNC1. The van der Waals surface area contributed by atoms with Crippen LogP contribution in [0.4, 0.5) is 0 Å². The zero-order valence-electron chi connectivity index (χ0n) is 7.34. The molecule has 1 aliphatic heterocycles. The van der Waals surface area contributed by atoms with Crippen LogP contribution in [0.2, 0.25) is 13.1 Å². The highest BCUT2D eigenvalue weighted by Gasteiger charge is 2.14. The molecule has 0 aromatic rings.